The number of aromatic amines is 1. The van der Waals surface area contributed by atoms with Gasteiger partial charge in [-0.3, -0.25) is 19.5 Å². The lowest BCUT2D eigenvalue weighted by molar-refractivity contribution is -0.116. The molecule has 0 radical (unpaired) electrons. The Kier molecular flexibility index (Phi) is 5.01. The fourth-order valence-corrected chi connectivity index (χ4v) is 3.25. The summed E-state index contributed by atoms with van der Waals surface area (Å²) in [5.41, 5.74) is -0.177. The van der Waals surface area contributed by atoms with Gasteiger partial charge in [0.2, 0.25) is 5.91 Å². The normalized spacial score (nSPS) is 11.0. The zero-order chi connectivity index (χ0) is 21.3. The van der Waals surface area contributed by atoms with E-state index in [1.54, 1.807) is 60.3 Å². The van der Waals surface area contributed by atoms with E-state index in [4.69, 9.17) is 0 Å². The highest BCUT2D eigenvalue weighted by Gasteiger charge is 2.11. The molecule has 30 heavy (non-hydrogen) atoms. The van der Waals surface area contributed by atoms with Crippen molar-refractivity contribution in [3.05, 3.63) is 87.2 Å². The van der Waals surface area contributed by atoms with Crippen LogP contribution in [0, 0.1) is 12.7 Å². The van der Waals surface area contributed by atoms with Crippen LogP contribution in [0.4, 0.5) is 10.1 Å². The van der Waals surface area contributed by atoms with E-state index >= 15 is 0 Å². The molecule has 152 valence electrons. The number of aryl methyl sites for hydroxylation is 2. The maximum Gasteiger partial charge on any atom is 0.273 e. The Labute approximate surface area is 169 Å². The van der Waals surface area contributed by atoms with Crippen LogP contribution in [0.15, 0.2) is 64.4 Å². The van der Waals surface area contributed by atoms with Crippen molar-refractivity contribution in [2.24, 2.45) is 0 Å². The van der Waals surface area contributed by atoms with E-state index in [-0.39, 0.29) is 23.9 Å². The van der Waals surface area contributed by atoms with Gasteiger partial charge in [0.25, 0.3) is 11.1 Å². The number of fused-ring (bicyclic) bond motifs is 1. The van der Waals surface area contributed by atoms with E-state index < -0.39 is 17.3 Å². The molecule has 0 saturated heterocycles. The van der Waals surface area contributed by atoms with Crippen molar-refractivity contribution in [2.75, 3.05) is 5.32 Å². The van der Waals surface area contributed by atoms with Crippen molar-refractivity contribution >= 4 is 22.4 Å². The van der Waals surface area contributed by atoms with Gasteiger partial charge in [0.1, 0.15) is 11.6 Å². The molecule has 0 spiro atoms. The molecule has 0 bridgehead atoms. The third kappa shape index (κ3) is 3.64. The van der Waals surface area contributed by atoms with Gasteiger partial charge >= 0.3 is 0 Å². The zero-order valence-electron chi connectivity index (χ0n) is 16.1. The molecule has 0 saturated carbocycles. The van der Waals surface area contributed by atoms with Crippen molar-refractivity contribution in [1.29, 1.82) is 0 Å². The summed E-state index contributed by atoms with van der Waals surface area (Å²) in [5.74, 6) is -0.286. The standard InChI is InChI=1S/C21H18FN5O3/c1-13-23-9-11-26(13)18-7-6-14(12-17(18)22)24-19(28)8-10-27-21(30)16-5-3-2-4-15(16)20(29)25-27/h2-7,9,11-12H,8,10H2,1H3,(H,24,28)(H,25,29). The molecule has 4 rings (SSSR count). The summed E-state index contributed by atoms with van der Waals surface area (Å²) in [6.45, 7) is 1.74. The third-order valence-electron chi connectivity index (χ3n) is 4.76. The third-order valence-corrected chi connectivity index (χ3v) is 4.76. The van der Waals surface area contributed by atoms with Crippen LogP contribution in [0.3, 0.4) is 0 Å². The summed E-state index contributed by atoms with van der Waals surface area (Å²) in [4.78, 5) is 40.9. The SMILES string of the molecule is Cc1nccn1-c1ccc(NC(=O)CCn2[nH]c(=O)c3ccccc3c2=O)cc1F. The topological polar surface area (TPSA) is 102 Å². The minimum atomic E-state index is -0.510. The molecular formula is C21H18FN5O3. The molecule has 8 nitrogen and oxygen atoms in total. The predicted molar refractivity (Wildman–Crippen MR) is 110 cm³/mol. The Morgan fingerprint density at radius 3 is 2.63 bits per heavy atom. The number of rotatable bonds is 5. The largest absolute Gasteiger partial charge is 0.326 e. The molecule has 0 atom stereocenters. The van der Waals surface area contributed by atoms with Crippen LogP contribution < -0.4 is 16.4 Å². The predicted octanol–water partition coefficient (Wildman–Crippen LogP) is 2.35. The van der Waals surface area contributed by atoms with Crippen molar-refractivity contribution in [1.82, 2.24) is 19.3 Å². The number of anilines is 1. The Morgan fingerprint density at radius 2 is 1.93 bits per heavy atom. The second kappa shape index (κ2) is 7.78. The maximum atomic E-state index is 14.5. The van der Waals surface area contributed by atoms with Crippen LogP contribution in [0.5, 0.6) is 0 Å². The van der Waals surface area contributed by atoms with Crippen LogP contribution in [-0.4, -0.2) is 25.2 Å². The van der Waals surface area contributed by atoms with Crippen molar-refractivity contribution < 1.29 is 9.18 Å². The average molecular weight is 407 g/mol. The second-order valence-corrected chi connectivity index (χ2v) is 6.75. The number of nitrogens with zero attached hydrogens (tertiary/aromatic N) is 3. The number of imidazole rings is 1. The zero-order valence-corrected chi connectivity index (χ0v) is 16.1. The minimum absolute atomic E-state index is 0.0143. The maximum absolute atomic E-state index is 14.5. The number of amides is 1. The molecule has 2 aromatic carbocycles. The molecule has 2 heterocycles. The first-order valence-electron chi connectivity index (χ1n) is 9.25. The summed E-state index contributed by atoms with van der Waals surface area (Å²) in [6, 6.07) is 10.8. The number of nitrogens with one attached hydrogen (secondary N) is 2. The fourth-order valence-electron chi connectivity index (χ4n) is 3.25. The summed E-state index contributed by atoms with van der Waals surface area (Å²) in [7, 11) is 0. The van der Waals surface area contributed by atoms with E-state index in [0.29, 0.717) is 22.6 Å². The van der Waals surface area contributed by atoms with E-state index in [0.717, 1.165) is 4.68 Å². The van der Waals surface area contributed by atoms with E-state index in [9.17, 15) is 18.8 Å². The Balaban J connectivity index is 1.47. The van der Waals surface area contributed by atoms with Gasteiger partial charge in [-0.05, 0) is 37.3 Å². The van der Waals surface area contributed by atoms with Gasteiger partial charge in [0.15, 0.2) is 0 Å². The number of carbonyl (C=O) groups excluding carboxylic acids is 1. The quantitative estimate of drug-likeness (QED) is 0.530. The fraction of sp³-hybridized carbons (Fsp3) is 0.143. The first-order chi connectivity index (χ1) is 14.4. The lowest BCUT2D eigenvalue weighted by Gasteiger charge is -2.10. The highest BCUT2D eigenvalue weighted by molar-refractivity contribution is 5.90. The summed E-state index contributed by atoms with van der Waals surface area (Å²) in [6.07, 6.45) is 3.15. The van der Waals surface area contributed by atoms with Gasteiger partial charge < -0.3 is 9.88 Å². The van der Waals surface area contributed by atoms with Crippen LogP contribution in [0.25, 0.3) is 16.5 Å². The lowest BCUT2D eigenvalue weighted by atomic mass is 10.2. The van der Waals surface area contributed by atoms with Crippen LogP contribution in [-0.2, 0) is 11.3 Å². The van der Waals surface area contributed by atoms with Crippen molar-refractivity contribution in [3.8, 4) is 5.69 Å². The van der Waals surface area contributed by atoms with Gasteiger partial charge in [-0.15, -0.1) is 0 Å². The number of aromatic nitrogens is 4. The Hall–Kier alpha value is -4.01. The monoisotopic (exact) mass is 407 g/mol. The molecule has 0 aliphatic carbocycles. The van der Waals surface area contributed by atoms with Crippen molar-refractivity contribution in [2.45, 2.75) is 19.9 Å². The van der Waals surface area contributed by atoms with Gasteiger partial charge in [-0.1, -0.05) is 12.1 Å². The number of halogens is 1. The van der Waals surface area contributed by atoms with Gasteiger partial charge in [-0.2, -0.15) is 0 Å². The first-order valence-corrected chi connectivity index (χ1v) is 9.25. The summed E-state index contributed by atoms with van der Waals surface area (Å²) >= 11 is 0. The molecule has 1 amide bonds. The van der Waals surface area contributed by atoms with Gasteiger partial charge in [-0.25, -0.2) is 14.1 Å². The lowest BCUT2D eigenvalue weighted by Crippen LogP contribution is -2.31. The first kappa shape index (κ1) is 19.3. The van der Waals surface area contributed by atoms with Crippen LogP contribution >= 0.6 is 0 Å². The average Bonchev–Trinajstić information content (AvgIpc) is 3.15. The van der Waals surface area contributed by atoms with E-state index in [1.807, 2.05) is 0 Å². The van der Waals surface area contributed by atoms with Crippen LogP contribution in [0.2, 0.25) is 0 Å². The highest BCUT2D eigenvalue weighted by Crippen LogP contribution is 2.19. The highest BCUT2D eigenvalue weighted by atomic mass is 19.1. The molecule has 9 heteroatoms. The molecule has 2 aromatic heterocycles. The number of carbonyl (C=O) groups is 1. The van der Waals surface area contributed by atoms with E-state index in [1.165, 1.54) is 6.07 Å². The summed E-state index contributed by atoms with van der Waals surface area (Å²) < 4.78 is 17.2. The van der Waals surface area contributed by atoms with Gasteiger partial charge in [0.05, 0.1) is 23.0 Å². The minimum Gasteiger partial charge on any atom is -0.326 e. The smallest absolute Gasteiger partial charge is 0.273 e. The number of hydrogen-bond acceptors (Lipinski definition) is 4. The Morgan fingerprint density at radius 1 is 1.17 bits per heavy atom. The van der Waals surface area contributed by atoms with Crippen LogP contribution in [0.1, 0.15) is 12.2 Å². The molecular weight excluding hydrogens is 389 g/mol. The van der Waals surface area contributed by atoms with E-state index in [2.05, 4.69) is 15.4 Å². The molecule has 0 aliphatic heterocycles. The number of H-pyrrole nitrogens is 1. The molecule has 0 aliphatic rings. The Bertz CT molecular complexity index is 1370. The molecule has 0 unspecified atom stereocenters. The molecule has 2 N–H and O–H groups in total. The number of benzene rings is 2. The molecule has 4 aromatic rings. The summed E-state index contributed by atoms with van der Waals surface area (Å²) in [5, 5.41) is 5.66. The number of hydrogen-bond donors (Lipinski definition) is 2. The molecule has 0 fully saturated rings. The van der Waals surface area contributed by atoms with Gasteiger partial charge in [0, 0.05) is 24.5 Å². The second-order valence-electron chi connectivity index (χ2n) is 6.75. The van der Waals surface area contributed by atoms with Crippen molar-refractivity contribution in [3.63, 3.8) is 0 Å².